The maximum atomic E-state index is 13.5. The van der Waals surface area contributed by atoms with Gasteiger partial charge in [0, 0.05) is 25.6 Å². The molecule has 3 rings (SSSR count). The molecule has 33 heavy (non-hydrogen) atoms. The summed E-state index contributed by atoms with van der Waals surface area (Å²) < 4.78 is 53.4. The van der Waals surface area contributed by atoms with Crippen LogP contribution in [0.1, 0.15) is 36.9 Å². The largest absolute Gasteiger partial charge is 0.354 e. The number of carbonyl (C=O) groups is 1. The normalized spacial score (nSPS) is 16.7. The fourth-order valence-corrected chi connectivity index (χ4v) is 5.54. The van der Waals surface area contributed by atoms with Gasteiger partial charge in [-0.3, -0.25) is 4.79 Å². The van der Waals surface area contributed by atoms with Crippen molar-refractivity contribution in [2.45, 2.75) is 37.1 Å². The first kappa shape index (κ1) is 25.3. The lowest BCUT2D eigenvalue weighted by molar-refractivity contribution is -0.126. The highest BCUT2D eigenvalue weighted by molar-refractivity contribution is 7.89. The molecule has 1 amide bonds. The number of hydrogen-bond acceptors (Lipinski definition) is 4. The molecule has 2 aromatic rings. The van der Waals surface area contributed by atoms with Gasteiger partial charge < -0.3 is 10.2 Å². The van der Waals surface area contributed by atoms with Gasteiger partial charge in [-0.05, 0) is 62.7 Å². The Labute approximate surface area is 194 Å². The monoisotopic (exact) mass is 479 g/mol. The van der Waals surface area contributed by atoms with Gasteiger partial charge in [-0.1, -0.05) is 31.2 Å². The Balaban J connectivity index is 1.57. The standard InChI is InChI=1S/C24H31F2N3O3S/c1-4-17-5-7-18(8-6-17)23(28(2)3)16-27-24(30)19-11-13-29(14-12-19)33(31,32)20-9-10-21(25)22(26)15-20/h5-10,15,19,23H,4,11-14,16H2,1-3H3,(H,27,30). The zero-order valence-corrected chi connectivity index (χ0v) is 20.0. The summed E-state index contributed by atoms with van der Waals surface area (Å²) in [5.74, 6) is -2.70. The predicted octanol–water partition coefficient (Wildman–Crippen LogP) is 3.35. The molecule has 0 radical (unpaired) electrons. The van der Waals surface area contributed by atoms with Crippen LogP contribution < -0.4 is 5.32 Å². The molecule has 6 nitrogen and oxygen atoms in total. The number of benzene rings is 2. The van der Waals surface area contributed by atoms with E-state index in [9.17, 15) is 22.0 Å². The molecule has 0 spiro atoms. The van der Waals surface area contributed by atoms with Crippen LogP contribution in [0.25, 0.3) is 0 Å². The first-order valence-electron chi connectivity index (χ1n) is 11.1. The summed E-state index contributed by atoms with van der Waals surface area (Å²) in [6, 6.07) is 10.9. The molecule has 180 valence electrons. The molecule has 1 saturated heterocycles. The molecule has 0 aliphatic carbocycles. The summed E-state index contributed by atoms with van der Waals surface area (Å²) in [6.45, 7) is 2.85. The SMILES string of the molecule is CCc1ccc(C(CNC(=O)C2CCN(S(=O)(=O)c3ccc(F)c(F)c3)CC2)N(C)C)cc1. The molecule has 0 saturated carbocycles. The molecule has 1 unspecified atom stereocenters. The van der Waals surface area contributed by atoms with E-state index in [1.165, 1.54) is 9.87 Å². The second kappa shape index (κ2) is 10.7. The highest BCUT2D eigenvalue weighted by Crippen LogP contribution is 2.25. The number of aryl methyl sites for hydroxylation is 1. The molecule has 1 aliphatic rings. The van der Waals surface area contributed by atoms with Gasteiger partial charge in [0.25, 0.3) is 0 Å². The van der Waals surface area contributed by atoms with E-state index in [1.807, 2.05) is 14.1 Å². The van der Waals surface area contributed by atoms with Gasteiger partial charge in [-0.25, -0.2) is 17.2 Å². The van der Waals surface area contributed by atoms with Crippen molar-refractivity contribution in [3.8, 4) is 0 Å². The van der Waals surface area contributed by atoms with Crippen molar-refractivity contribution in [1.29, 1.82) is 0 Å². The molecule has 1 atom stereocenters. The third kappa shape index (κ3) is 5.96. The van der Waals surface area contributed by atoms with Gasteiger partial charge in [0.2, 0.25) is 15.9 Å². The Morgan fingerprint density at radius 3 is 2.27 bits per heavy atom. The average molecular weight is 480 g/mol. The van der Waals surface area contributed by atoms with E-state index in [1.54, 1.807) is 0 Å². The molecule has 2 aromatic carbocycles. The Morgan fingerprint density at radius 2 is 1.73 bits per heavy atom. The summed E-state index contributed by atoms with van der Waals surface area (Å²) in [6.07, 6.45) is 1.70. The Kier molecular flexibility index (Phi) is 8.20. The van der Waals surface area contributed by atoms with E-state index < -0.39 is 21.7 Å². The molecule has 0 aromatic heterocycles. The minimum absolute atomic E-state index is 0.0219. The van der Waals surface area contributed by atoms with Crippen molar-refractivity contribution in [2.24, 2.45) is 5.92 Å². The van der Waals surface area contributed by atoms with Gasteiger partial charge >= 0.3 is 0 Å². The van der Waals surface area contributed by atoms with Gasteiger partial charge in [0.15, 0.2) is 11.6 Å². The minimum Gasteiger partial charge on any atom is -0.354 e. The average Bonchev–Trinajstić information content (AvgIpc) is 2.81. The third-order valence-corrected chi connectivity index (χ3v) is 8.11. The van der Waals surface area contributed by atoms with Crippen LogP contribution in [0, 0.1) is 17.6 Å². The van der Waals surface area contributed by atoms with E-state index in [4.69, 9.17) is 0 Å². The van der Waals surface area contributed by atoms with Gasteiger partial charge in [0.05, 0.1) is 10.9 Å². The van der Waals surface area contributed by atoms with Crippen LogP contribution in [0.4, 0.5) is 8.78 Å². The smallest absolute Gasteiger partial charge is 0.243 e. The molecule has 1 N–H and O–H groups in total. The van der Waals surface area contributed by atoms with Crippen LogP contribution in [-0.4, -0.2) is 57.3 Å². The summed E-state index contributed by atoms with van der Waals surface area (Å²) in [5.41, 5.74) is 2.37. The van der Waals surface area contributed by atoms with Crippen LogP contribution in [0.3, 0.4) is 0 Å². The number of likely N-dealkylation sites (N-methyl/N-ethyl adjacent to an activating group) is 1. The highest BCUT2D eigenvalue weighted by Gasteiger charge is 2.32. The first-order valence-corrected chi connectivity index (χ1v) is 12.6. The van der Waals surface area contributed by atoms with Gasteiger partial charge in [-0.2, -0.15) is 4.31 Å². The lowest BCUT2D eigenvalue weighted by Crippen LogP contribution is -2.44. The Morgan fingerprint density at radius 1 is 1.09 bits per heavy atom. The van der Waals surface area contributed by atoms with Crippen molar-refractivity contribution in [2.75, 3.05) is 33.7 Å². The fourth-order valence-electron chi connectivity index (χ4n) is 4.06. The number of nitrogens with zero attached hydrogens (tertiary/aromatic N) is 2. The van der Waals surface area contributed by atoms with E-state index in [2.05, 4.69) is 41.4 Å². The number of nitrogens with one attached hydrogen (secondary N) is 1. The Bertz CT molecular complexity index is 1070. The van der Waals surface area contributed by atoms with Crippen LogP contribution in [0.5, 0.6) is 0 Å². The lowest BCUT2D eigenvalue weighted by atomic mass is 9.96. The molecular formula is C24H31F2N3O3S. The summed E-state index contributed by atoms with van der Waals surface area (Å²) in [5, 5.41) is 3.02. The van der Waals surface area contributed by atoms with Gasteiger partial charge in [-0.15, -0.1) is 0 Å². The van der Waals surface area contributed by atoms with Crippen LogP contribution >= 0.6 is 0 Å². The van der Waals surface area contributed by atoms with Crippen LogP contribution in [-0.2, 0) is 21.2 Å². The van der Waals surface area contributed by atoms with Gasteiger partial charge in [0.1, 0.15) is 0 Å². The maximum absolute atomic E-state index is 13.5. The zero-order chi connectivity index (χ0) is 24.2. The van der Waals surface area contributed by atoms with E-state index >= 15 is 0 Å². The molecule has 0 bridgehead atoms. The van der Waals surface area contributed by atoms with Crippen molar-refractivity contribution in [3.63, 3.8) is 0 Å². The second-order valence-corrected chi connectivity index (χ2v) is 10.5. The number of carbonyl (C=O) groups excluding carboxylic acids is 1. The number of sulfonamides is 1. The number of piperidine rings is 1. The number of hydrogen-bond donors (Lipinski definition) is 1. The number of amides is 1. The van der Waals surface area contributed by atoms with Crippen molar-refractivity contribution in [3.05, 3.63) is 65.2 Å². The third-order valence-electron chi connectivity index (χ3n) is 6.22. The zero-order valence-electron chi connectivity index (χ0n) is 19.2. The van der Waals surface area contributed by atoms with Crippen molar-refractivity contribution < 1.29 is 22.0 Å². The summed E-state index contributed by atoms with van der Waals surface area (Å²) >= 11 is 0. The van der Waals surface area contributed by atoms with E-state index in [-0.39, 0.29) is 35.9 Å². The molecular weight excluding hydrogens is 448 g/mol. The Hall–Kier alpha value is -2.36. The van der Waals surface area contributed by atoms with Crippen molar-refractivity contribution >= 4 is 15.9 Å². The number of halogens is 2. The van der Waals surface area contributed by atoms with Crippen LogP contribution in [0.15, 0.2) is 47.4 Å². The molecule has 1 aliphatic heterocycles. The maximum Gasteiger partial charge on any atom is 0.243 e. The van der Waals surface area contributed by atoms with E-state index in [0.29, 0.717) is 25.5 Å². The predicted molar refractivity (Wildman–Crippen MR) is 123 cm³/mol. The summed E-state index contributed by atoms with van der Waals surface area (Å²) in [7, 11) is -0.0120. The second-order valence-electron chi connectivity index (χ2n) is 8.57. The fraction of sp³-hybridized carbons (Fsp3) is 0.458. The van der Waals surface area contributed by atoms with E-state index in [0.717, 1.165) is 24.1 Å². The molecule has 9 heteroatoms. The minimum atomic E-state index is -3.94. The topological polar surface area (TPSA) is 69.7 Å². The molecule has 1 fully saturated rings. The lowest BCUT2D eigenvalue weighted by Gasteiger charge is -2.31. The number of rotatable bonds is 8. The quantitative estimate of drug-likeness (QED) is 0.631. The molecule has 1 heterocycles. The van der Waals surface area contributed by atoms with Crippen molar-refractivity contribution in [1.82, 2.24) is 14.5 Å². The summed E-state index contributed by atoms with van der Waals surface area (Å²) in [4.78, 5) is 14.5. The van der Waals surface area contributed by atoms with Crippen LogP contribution in [0.2, 0.25) is 0 Å². The highest BCUT2D eigenvalue weighted by atomic mass is 32.2. The first-order chi connectivity index (χ1) is 15.6.